The van der Waals surface area contributed by atoms with E-state index in [0.717, 1.165) is 53.6 Å². The van der Waals surface area contributed by atoms with E-state index in [4.69, 9.17) is 14.7 Å². The SMILES string of the molecule is Cc1cc(Oc2cc(C)cc(-c3ncnc4c3sc3c(F)c(-c5ccccc5)ccc34)c2)cc(-c2ncnc3c2sc2c(F)c(-c4ccccc4)ccc23)c1. The number of nitrogens with zero attached hydrogens (tertiary/aromatic N) is 4. The summed E-state index contributed by atoms with van der Waals surface area (Å²) in [5.74, 6) is 0.726. The fourth-order valence-electron chi connectivity index (χ4n) is 7.33. The molecule has 0 saturated heterocycles. The fourth-order valence-corrected chi connectivity index (χ4v) is 9.74. The second kappa shape index (κ2) is 13.2. The van der Waals surface area contributed by atoms with Crippen LogP contribution in [-0.4, -0.2) is 19.9 Å². The van der Waals surface area contributed by atoms with Crippen molar-refractivity contribution in [2.24, 2.45) is 0 Å². The van der Waals surface area contributed by atoms with Gasteiger partial charge in [0.05, 0.1) is 41.2 Å². The van der Waals surface area contributed by atoms with Crippen molar-refractivity contribution >= 4 is 63.3 Å². The quantitative estimate of drug-likeness (QED) is 0.169. The Bertz CT molecular complexity index is 2920. The van der Waals surface area contributed by atoms with E-state index in [-0.39, 0.29) is 11.6 Å². The van der Waals surface area contributed by atoms with E-state index in [1.807, 2.05) is 135 Å². The van der Waals surface area contributed by atoms with Crippen LogP contribution in [-0.2, 0) is 0 Å². The van der Waals surface area contributed by atoms with Crippen molar-refractivity contribution in [3.8, 4) is 56.3 Å². The van der Waals surface area contributed by atoms with Gasteiger partial charge in [-0.3, -0.25) is 0 Å². The van der Waals surface area contributed by atoms with E-state index in [9.17, 15) is 0 Å². The lowest BCUT2D eigenvalue weighted by Crippen LogP contribution is -1.92. The number of halogens is 2. The predicted molar refractivity (Wildman–Crippen MR) is 221 cm³/mol. The minimum atomic E-state index is -0.264. The summed E-state index contributed by atoms with van der Waals surface area (Å²) in [6, 6.07) is 38.6. The van der Waals surface area contributed by atoms with Crippen LogP contribution in [0.25, 0.3) is 85.4 Å². The van der Waals surface area contributed by atoms with E-state index in [0.29, 0.717) is 54.4 Å². The van der Waals surface area contributed by atoms with Gasteiger partial charge in [-0.25, -0.2) is 28.7 Å². The standard InChI is InChI=1S/C46H28F2N4OS2/c1-25-17-29(39-45-41(51-23-49-39)35-15-13-33(37(47)43(35)54-45)27-9-5-3-6-10-27)21-31(19-25)53-32-20-26(2)18-30(22-32)40-46-42(52-24-50-40)36-16-14-34(38(48)44(36)55-46)28-11-7-4-8-12-28/h3-24H,1-2H3. The zero-order chi connectivity index (χ0) is 37.2. The molecular formula is C46H28F2N4OS2. The number of aryl methyl sites for hydroxylation is 2. The summed E-state index contributed by atoms with van der Waals surface area (Å²) in [4.78, 5) is 18.6. The zero-order valence-corrected chi connectivity index (χ0v) is 31.1. The minimum absolute atomic E-state index is 0.264. The molecule has 0 atom stereocenters. The molecule has 264 valence electrons. The van der Waals surface area contributed by atoms with Crippen molar-refractivity contribution in [2.45, 2.75) is 13.8 Å². The molecule has 0 radical (unpaired) electrons. The average molecular weight is 755 g/mol. The third kappa shape index (κ3) is 5.71. The normalized spacial score (nSPS) is 11.6. The van der Waals surface area contributed by atoms with Gasteiger partial charge in [0.15, 0.2) is 0 Å². The van der Waals surface area contributed by atoms with Crippen LogP contribution in [0.2, 0.25) is 0 Å². The molecule has 0 amide bonds. The first-order valence-corrected chi connectivity index (χ1v) is 19.3. The predicted octanol–water partition coefficient (Wildman–Crippen LogP) is 13.4. The molecule has 5 nitrogen and oxygen atoms in total. The van der Waals surface area contributed by atoms with E-state index >= 15 is 8.78 Å². The molecule has 0 aliphatic rings. The molecule has 10 aromatic rings. The second-order valence-electron chi connectivity index (χ2n) is 13.5. The number of ether oxygens (including phenoxy) is 1. The first kappa shape index (κ1) is 33.2. The maximum atomic E-state index is 16.0. The molecule has 0 bridgehead atoms. The molecular weight excluding hydrogens is 727 g/mol. The molecule has 0 unspecified atom stereocenters. The Hall–Kier alpha value is -6.42. The zero-order valence-electron chi connectivity index (χ0n) is 29.5. The number of rotatable bonds is 6. The van der Waals surface area contributed by atoms with Gasteiger partial charge >= 0.3 is 0 Å². The van der Waals surface area contributed by atoms with Crippen LogP contribution in [0.4, 0.5) is 8.78 Å². The molecule has 4 heterocycles. The van der Waals surface area contributed by atoms with Crippen LogP contribution in [0, 0.1) is 25.5 Å². The van der Waals surface area contributed by atoms with Crippen molar-refractivity contribution in [1.82, 2.24) is 19.9 Å². The Labute approximate surface area is 322 Å². The summed E-state index contributed by atoms with van der Waals surface area (Å²) >= 11 is 2.73. The third-order valence-electron chi connectivity index (χ3n) is 9.77. The van der Waals surface area contributed by atoms with E-state index in [1.54, 1.807) is 0 Å². The highest BCUT2D eigenvalue weighted by Crippen LogP contribution is 2.44. The number of benzene rings is 6. The molecule has 0 aliphatic heterocycles. The summed E-state index contributed by atoms with van der Waals surface area (Å²) in [6.07, 6.45) is 3.07. The number of hydrogen-bond acceptors (Lipinski definition) is 7. The van der Waals surface area contributed by atoms with E-state index in [2.05, 4.69) is 9.97 Å². The molecule has 10 rings (SSSR count). The van der Waals surface area contributed by atoms with Gasteiger partial charge in [-0.15, -0.1) is 22.7 Å². The highest BCUT2D eigenvalue weighted by atomic mass is 32.1. The third-order valence-corrected chi connectivity index (χ3v) is 12.2. The van der Waals surface area contributed by atoms with Gasteiger partial charge in [0.1, 0.15) is 35.8 Å². The molecule has 0 N–H and O–H groups in total. The summed E-state index contributed by atoms with van der Waals surface area (Å²) in [5.41, 5.74) is 9.23. The smallest absolute Gasteiger partial charge is 0.148 e. The van der Waals surface area contributed by atoms with Crippen LogP contribution < -0.4 is 4.74 Å². The van der Waals surface area contributed by atoms with Gasteiger partial charge in [-0.05, 0) is 72.5 Å². The lowest BCUT2D eigenvalue weighted by molar-refractivity contribution is 0.482. The van der Waals surface area contributed by atoms with Crippen LogP contribution in [0.1, 0.15) is 11.1 Å². The summed E-state index contributed by atoms with van der Waals surface area (Å²) in [5, 5.41) is 1.52. The Morgan fingerprint density at radius 3 is 1.33 bits per heavy atom. The molecule has 55 heavy (non-hydrogen) atoms. The maximum Gasteiger partial charge on any atom is 0.148 e. The molecule has 0 saturated carbocycles. The number of thiophene rings is 2. The highest BCUT2D eigenvalue weighted by Gasteiger charge is 2.21. The Morgan fingerprint density at radius 1 is 0.455 bits per heavy atom. The van der Waals surface area contributed by atoms with Gasteiger partial charge in [-0.1, -0.05) is 84.9 Å². The Morgan fingerprint density at radius 2 is 0.891 bits per heavy atom. The first-order chi connectivity index (χ1) is 26.9. The molecule has 0 fully saturated rings. The van der Waals surface area contributed by atoms with Crippen molar-refractivity contribution in [3.63, 3.8) is 0 Å². The lowest BCUT2D eigenvalue weighted by Gasteiger charge is -2.12. The average Bonchev–Trinajstić information content (AvgIpc) is 3.78. The summed E-state index contributed by atoms with van der Waals surface area (Å²) in [6.45, 7) is 4.02. The van der Waals surface area contributed by atoms with Gasteiger partial charge in [0, 0.05) is 33.0 Å². The summed E-state index contributed by atoms with van der Waals surface area (Å²) < 4.78 is 41.4. The van der Waals surface area contributed by atoms with Crippen molar-refractivity contribution < 1.29 is 13.5 Å². The van der Waals surface area contributed by atoms with Crippen molar-refractivity contribution in [1.29, 1.82) is 0 Å². The molecule has 0 spiro atoms. The van der Waals surface area contributed by atoms with E-state index < -0.39 is 0 Å². The Kier molecular flexibility index (Phi) is 7.94. The Balaban J connectivity index is 1.03. The van der Waals surface area contributed by atoms with Gasteiger partial charge in [0.2, 0.25) is 0 Å². The monoisotopic (exact) mass is 754 g/mol. The van der Waals surface area contributed by atoms with Gasteiger partial charge in [0.25, 0.3) is 0 Å². The maximum absolute atomic E-state index is 16.0. The topological polar surface area (TPSA) is 60.8 Å². The minimum Gasteiger partial charge on any atom is -0.457 e. The number of fused-ring (bicyclic) bond motifs is 6. The van der Waals surface area contributed by atoms with Crippen LogP contribution in [0.5, 0.6) is 11.5 Å². The van der Waals surface area contributed by atoms with Crippen LogP contribution in [0.3, 0.4) is 0 Å². The van der Waals surface area contributed by atoms with Crippen molar-refractivity contribution in [3.05, 3.63) is 157 Å². The number of hydrogen-bond donors (Lipinski definition) is 0. The number of aromatic nitrogens is 4. The van der Waals surface area contributed by atoms with Crippen LogP contribution >= 0.6 is 22.7 Å². The second-order valence-corrected chi connectivity index (χ2v) is 15.6. The molecule has 0 aliphatic carbocycles. The van der Waals surface area contributed by atoms with Gasteiger partial charge in [-0.2, -0.15) is 0 Å². The molecule has 6 aromatic carbocycles. The van der Waals surface area contributed by atoms with Crippen molar-refractivity contribution in [2.75, 3.05) is 0 Å². The lowest BCUT2D eigenvalue weighted by atomic mass is 10.0. The largest absolute Gasteiger partial charge is 0.457 e. The van der Waals surface area contributed by atoms with Gasteiger partial charge < -0.3 is 4.74 Å². The molecule has 4 aromatic heterocycles. The van der Waals surface area contributed by atoms with E-state index in [1.165, 1.54) is 35.3 Å². The van der Waals surface area contributed by atoms with Crippen LogP contribution in [0.15, 0.2) is 134 Å². The molecule has 9 heteroatoms. The first-order valence-electron chi connectivity index (χ1n) is 17.6. The summed E-state index contributed by atoms with van der Waals surface area (Å²) in [7, 11) is 0. The highest BCUT2D eigenvalue weighted by molar-refractivity contribution is 7.26. The fraction of sp³-hybridized carbons (Fsp3) is 0.0435.